The minimum absolute atomic E-state index is 0.0306. The Hall–Kier alpha value is -0.780. The Morgan fingerprint density at radius 3 is 2.47 bits per heavy atom. The van der Waals surface area contributed by atoms with Gasteiger partial charge in [-0.3, -0.25) is 0 Å². The average Bonchev–Trinajstić information content (AvgIpc) is 2.83. The fourth-order valence-corrected chi connectivity index (χ4v) is 3.54. The number of hydrogen-bond donors (Lipinski definition) is 1. The van der Waals surface area contributed by atoms with Crippen LogP contribution in [0.5, 0.6) is 0 Å². The van der Waals surface area contributed by atoms with Crippen LogP contribution in [0.25, 0.3) is 10.6 Å². The molecule has 0 bridgehead atoms. The van der Waals surface area contributed by atoms with Crippen molar-refractivity contribution in [2.75, 3.05) is 0 Å². The van der Waals surface area contributed by atoms with Crippen molar-refractivity contribution in [3.63, 3.8) is 0 Å². The molecule has 0 amide bonds. The first-order chi connectivity index (χ1) is 7.99. The van der Waals surface area contributed by atoms with Crippen molar-refractivity contribution in [1.29, 1.82) is 0 Å². The van der Waals surface area contributed by atoms with Crippen LogP contribution >= 0.6 is 22.7 Å². The van der Waals surface area contributed by atoms with Crippen molar-refractivity contribution in [2.24, 2.45) is 11.7 Å². The van der Waals surface area contributed by atoms with Crippen LogP contribution in [0.1, 0.15) is 35.6 Å². The molecule has 0 fully saturated rings. The van der Waals surface area contributed by atoms with Crippen LogP contribution in [0, 0.1) is 19.8 Å². The summed E-state index contributed by atoms with van der Waals surface area (Å²) >= 11 is 3.33. The summed E-state index contributed by atoms with van der Waals surface area (Å²) in [5.74, 6) is 0.415. The van der Waals surface area contributed by atoms with E-state index in [0.717, 1.165) is 21.4 Å². The summed E-state index contributed by atoms with van der Waals surface area (Å²) in [6, 6.07) is 0.0306. The third-order valence-electron chi connectivity index (χ3n) is 2.66. The Bertz CT molecular complexity index is 514. The van der Waals surface area contributed by atoms with Gasteiger partial charge in [0.25, 0.3) is 0 Å². The van der Waals surface area contributed by atoms with Gasteiger partial charge in [-0.2, -0.15) is 0 Å². The number of nitrogens with zero attached hydrogens (tertiary/aromatic N) is 2. The zero-order valence-corrected chi connectivity index (χ0v) is 12.2. The second-order valence-corrected chi connectivity index (χ2v) is 6.58. The Morgan fingerprint density at radius 1 is 1.24 bits per heavy atom. The summed E-state index contributed by atoms with van der Waals surface area (Å²) in [5.41, 5.74) is 8.18. The van der Waals surface area contributed by atoms with Crippen LogP contribution in [0.4, 0.5) is 0 Å². The second-order valence-electron chi connectivity index (χ2n) is 4.49. The van der Waals surface area contributed by atoms with Crippen LogP contribution in [-0.2, 0) is 0 Å². The number of aromatic nitrogens is 2. The summed E-state index contributed by atoms with van der Waals surface area (Å²) in [4.78, 5) is 10.2. The standard InChI is InChI=1S/C12H17N3S2/c1-6(2)10(13)12-15-9(5-16-12)11-7(3)14-8(4)17-11/h5-6,10H,13H2,1-4H3. The van der Waals surface area contributed by atoms with E-state index >= 15 is 0 Å². The third kappa shape index (κ3) is 2.56. The Kier molecular flexibility index (Phi) is 3.61. The predicted octanol–water partition coefficient (Wildman–Crippen LogP) is 3.54. The molecule has 2 aromatic heterocycles. The minimum Gasteiger partial charge on any atom is -0.322 e. The lowest BCUT2D eigenvalue weighted by Crippen LogP contribution is -2.16. The van der Waals surface area contributed by atoms with E-state index in [2.05, 4.69) is 29.2 Å². The van der Waals surface area contributed by atoms with Crippen LogP contribution in [0.3, 0.4) is 0 Å². The Labute approximate surface area is 110 Å². The van der Waals surface area contributed by atoms with Gasteiger partial charge < -0.3 is 5.73 Å². The highest BCUT2D eigenvalue weighted by Gasteiger charge is 2.17. The summed E-state index contributed by atoms with van der Waals surface area (Å²) in [7, 11) is 0. The highest BCUT2D eigenvalue weighted by atomic mass is 32.1. The molecule has 0 radical (unpaired) electrons. The lowest BCUT2D eigenvalue weighted by atomic mass is 10.1. The summed E-state index contributed by atoms with van der Waals surface area (Å²) < 4.78 is 0. The van der Waals surface area contributed by atoms with Gasteiger partial charge in [0.1, 0.15) is 5.01 Å². The van der Waals surface area contributed by atoms with Crippen molar-refractivity contribution < 1.29 is 0 Å². The lowest BCUT2D eigenvalue weighted by molar-refractivity contribution is 0.512. The molecule has 0 aromatic carbocycles. The molecule has 0 aliphatic heterocycles. The lowest BCUT2D eigenvalue weighted by Gasteiger charge is -2.11. The monoisotopic (exact) mass is 267 g/mol. The maximum Gasteiger partial charge on any atom is 0.110 e. The second kappa shape index (κ2) is 4.84. The van der Waals surface area contributed by atoms with Crippen molar-refractivity contribution in [2.45, 2.75) is 33.7 Å². The zero-order valence-electron chi connectivity index (χ0n) is 10.5. The SMILES string of the molecule is Cc1nc(C)c(-c2csc(C(N)C(C)C)n2)s1. The number of aryl methyl sites for hydroxylation is 2. The van der Waals surface area contributed by atoms with Crippen molar-refractivity contribution in [1.82, 2.24) is 9.97 Å². The number of nitrogens with two attached hydrogens (primary N) is 1. The van der Waals surface area contributed by atoms with E-state index in [4.69, 9.17) is 5.73 Å². The highest BCUT2D eigenvalue weighted by molar-refractivity contribution is 7.16. The summed E-state index contributed by atoms with van der Waals surface area (Å²) in [5, 5.41) is 4.18. The van der Waals surface area contributed by atoms with Crippen LogP contribution in [-0.4, -0.2) is 9.97 Å². The molecule has 0 aliphatic rings. The molecule has 2 N–H and O–H groups in total. The number of hydrogen-bond acceptors (Lipinski definition) is 5. The van der Waals surface area contributed by atoms with E-state index in [1.807, 2.05) is 13.8 Å². The van der Waals surface area contributed by atoms with Gasteiger partial charge in [-0.05, 0) is 19.8 Å². The highest BCUT2D eigenvalue weighted by Crippen LogP contribution is 2.32. The molecule has 3 nitrogen and oxygen atoms in total. The van der Waals surface area contributed by atoms with Crippen molar-refractivity contribution in [3.8, 4) is 10.6 Å². The van der Waals surface area contributed by atoms with E-state index in [-0.39, 0.29) is 6.04 Å². The van der Waals surface area contributed by atoms with Gasteiger partial charge in [0, 0.05) is 5.38 Å². The van der Waals surface area contributed by atoms with Gasteiger partial charge >= 0.3 is 0 Å². The van der Waals surface area contributed by atoms with Crippen LogP contribution < -0.4 is 5.73 Å². The van der Waals surface area contributed by atoms with E-state index in [1.54, 1.807) is 22.7 Å². The molecule has 2 rings (SSSR count). The molecule has 0 aliphatic carbocycles. The van der Waals surface area contributed by atoms with Gasteiger partial charge in [0.15, 0.2) is 0 Å². The maximum absolute atomic E-state index is 6.11. The zero-order chi connectivity index (χ0) is 12.6. The van der Waals surface area contributed by atoms with E-state index in [0.29, 0.717) is 5.92 Å². The first-order valence-electron chi connectivity index (χ1n) is 5.64. The first kappa shape index (κ1) is 12.7. The fraction of sp³-hybridized carbons (Fsp3) is 0.500. The normalized spacial score (nSPS) is 13.3. The molecule has 0 spiro atoms. The largest absolute Gasteiger partial charge is 0.322 e. The maximum atomic E-state index is 6.11. The molecular weight excluding hydrogens is 250 g/mol. The molecule has 2 heterocycles. The molecule has 1 atom stereocenters. The molecule has 5 heteroatoms. The summed E-state index contributed by atoms with van der Waals surface area (Å²) in [6.45, 7) is 8.29. The van der Waals surface area contributed by atoms with Gasteiger partial charge in [0.2, 0.25) is 0 Å². The Balaban J connectivity index is 2.33. The smallest absolute Gasteiger partial charge is 0.110 e. The van der Waals surface area contributed by atoms with Gasteiger partial charge in [-0.15, -0.1) is 22.7 Å². The quantitative estimate of drug-likeness (QED) is 0.925. The topological polar surface area (TPSA) is 51.8 Å². The minimum atomic E-state index is 0.0306. The molecule has 2 aromatic rings. The summed E-state index contributed by atoms with van der Waals surface area (Å²) in [6.07, 6.45) is 0. The van der Waals surface area contributed by atoms with Gasteiger partial charge in [0.05, 0.1) is 27.3 Å². The fourth-order valence-electron chi connectivity index (χ4n) is 1.60. The number of thiazole rings is 2. The van der Waals surface area contributed by atoms with E-state index in [9.17, 15) is 0 Å². The van der Waals surface area contributed by atoms with Gasteiger partial charge in [-0.1, -0.05) is 13.8 Å². The molecule has 0 saturated carbocycles. The Morgan fingerprint density at radius 2 is 1.94 bits per heavy atom. The number of rotatable bonds is 3. The molecule has 92 valence electrons. The predicted molar refractivity (Wildman–Crippen MR) is 74.5 cm³/mol. The van der Waals surface area contributed by atoms with E-state index < -0.39 is 0 Å². The molecular formula is C12H17N3S2. The molecule has 17 heavy (non-hydrogen) atoms. The van der Waals surface area contributed by atoms with Crippen molar-refractivity contribution >= 4 is 22.7 Å². The molecule has 0 saturated heterocycles. The van der Waals surface area contributed by atoms with Crippen LogP contribution in [0.15, 0.2) is 5.38 Å². The average molecular weight is 267 g/mol. The first-order valence-corrected chi connectivity index (χ1v) is 7.34. The molecule has 1 unspecified atom stereocenters. The van der Waals surface area contributed by atoms with Crippen molar-refractivity contribution in [3.05, 3.63) is 21.1 Å². The van der Waals surface area contributed by atoms with E-state index in [1.165, 1.54) is 4.88 Å². The van der Waals surface area contributed by atoms with Crippen LogP contribution in [0.2, 0.25) is 0 Å². The van der Waals surface area contributed by atoms with Gasteiger partial charge in [-0.25, -0.2) is 9.97 Å². The third-order valence-corrected chi connectivity index (χ3v) is 4.70.